The quantitative estimate of drug-likeness (QED) is 0.655. The Morgan fingerprint density at radius 2 is 1.68 bits per heavy atom. The Kier molecular flexibility index (Phi) is 5.94. The second-order valence-electron chi connectivity index (χ2n) is 7.23. The summed E-state index contributed by atoms with van der Waals surface area (Å²) in [5.74, 6) is -0.461. The smallest absolute Gasteiger partial charge is 0.277 e. The van der Waals surface area contributed by atoms with E-state index in [0.29, 0.717) is 11.5 Å². The maximum atomic E-state index is 12.0. The van der Waals surface area contributed by atoms with Gasteiger partial charge in [0, 0.05) is 11.1 Å². The maximum Gasteiger partial charge on any atom is 0.277 e. The number of thioether (sulfide) groups is 1. The summed E-state index contributed by atoms with van der Waals surface area (Å²) in [5, 5.41) is 10.6. The summed E-state index contributed by atoms with van der Waals surface area (Å²) >= 11 is 1.08. The van der Waals surface area contributed by atoms with Crippen LogP contribution in [0.1, 0.15) is 36.7 Å². The zero-order valence-corrected chi connectivity index (χ0v) is 16.7. The van der Waals surface area contributed by atoms with Crippen molar-refractivity contribution >= 4 is 23.6 Å². The predicted molar refractivity (Wildman–Crippen MR) is 108 cm³/mol. The molecule has 0 saturated carbocycles. The van der Waals surface area contributed by atoms with Crippen LogP contribution in [-0.4, -0.2) is 27.8 Å². The second-order valence-corrected chi connectivity index (χ2v) is 8.16. The molecule has 0 fully saturated rings. The predicted octanol–water partition coefficient (Wildman–Crippen LogP) is 4.08. The van der Waals surface area contributed by atoms with Gasteiger partial charge in [-0.15, -0.1) is 10.2 Å². The van der Waals surface area contributed by atoms with Crippen molar-refractivity contribution in [3.8, 4) is 11.5 Å². The van der Waals surface area contributed by atoms with Gasteiger partial charge < -0.3 is 4.42 Å². The van der Waals surface area contributed by atoms with Crippen LogP contribution in [0.4, 0.5) is 0 Å². The third-order valence-electron chi connectivity index (χ3n) is 4.02. The number of hydrogen-bond donors (Lipinski definition) is 1. The molecule has 28 heavy (non-hydrogen) atoms. The van der Waals surface area contributed by atoms with E-state index in [1.165, 1.54) is 5.56 Å². The van der Waals surface area contributed by atoms with Gasteiger partial charge in [-0.05, 0) is 35.2 Å². The van der Waals surface area contributed by atoms with E-state index in [4.69, 9.17) is 4.42 Å². The molecule has 2 amide bonds. The van der Waals surface area contributed by atoms with Crippen LogP contribution in [0.25, 0.3) is 11.5 Å². The lowest BCUT2D eigenvalue weighted by atomic mass is 9.87. The summed E-state index contributed by atoms with van der Waals surface area (Å²) in [6.07, 6.45) is 0. The summed E-state index contributed by atoms with van der Waals surface area (Å²) in [5.41, 5.74) is 2.53. The molecule has 2 aromatic carbocycles. The molecule has 0 saturated heterocycles. The number of carbonyl (C=O) groups excluding carboxylic acids is 2. The van der Waals surface area contributed by atoms with Crippen LogP contribution in [0.15, 0.2) is 64.2 Å². The number of amides is 2. The van der Waals surface area contributed by atoms with Gasteiger partial charge in [0.25, 0.3) is 11.1 Å². The van der Waals surface area contributed by atoms with E-state index in [-0.39, 0.29) is 16.4 Å². The molecule has 1 N–H and O–H groups in total. The molecule has 3 rings (SSSR count). The number of nitrogens with one attached hydrogen (secondary N) is 1. The molecule has 144 valence electrons. The fourth-order valence-electron chi connectivity index (χ4n) is 2.45. The molecule has 3 aromatic rings. The molecule has 0 aliphatic heterocycles. The second kappa shape index (κ2) is 8.39. The van der Waals surface area contributed by atoms with Gasteiger partial charge >= 0.3 is 0 Å². The minimum Gasteiger partial charge on any atom is -0.411 e. The summed E-state index contributed by atoms with van der Waals surface area (Å²) < 4.78 is 5.61. The highest BCUT2D eigenvalue weighted by Gasteiger charge is 2.16. The van der Waals surface area contributed by atoms with Gasteiger partial charge in [0.15, 0.2) is 0 Å². The lowest BCUT2D eigenvalue weighted by molar-refractivity contribution is -0.117. The molecule has 0 unspecified atom stereocenters. The fourth-order valence-corrected chi connectivity index (χ4v) is 3.01. The van der Waals surface area contributed by atoms with Crippen molar-refractivity contribution in [1.29, 1.82) is 0 Å². The Balaban J connectivity index is 1.56. The fraction of sp³-hybridized carbons (Fsp3) is 0.238. The van der Waals surface area contributed by atoms with Crippen LogP contribution in [0.3, 0.4) is 0 Å². The van der Waals surface area contributed by atoms with E-state index in [2.05, 4.69) is 36.3 Å². The molecule has 0 bridgehead atoms. The average molecular weight is 395 g/mol. The number of carbonyl (C=O) groups is 2. The van der Waals surface area contributed by atoms with Gasteiger partial charge in [-0.25, -0.2) is 0 Å². The van der Waals surface area contributed by atoms with Crippen molar-refractivity contribution in [2.45, 2.75) is 31.4 Å². The van der Waals surface area contributed by atoms with E-state index in [9.17, 15) is 9.59 Å². The number of benzene rings is 2. The van der Waals surface area contributed by atoms with Crippen molar-refractivity contribution in [2.75, 3.05) is 5.75 Å². The molecule has 7 heteroatoms. The van der Waals surface area contributed by atoms with Gasteiger partial charge in [0.2, 0.25) is 11.8 Å². The first-order chi connectivity index (χ1) is 13.3. The van der Waals surface area contributed by atoms with Crippen LogP contribution < -0.4 is 5.32 Å². The first-order valence-corrected chi connectivity index (χ1v) is 9.78. The van der Waals surface area contributed by atoms with Gasteiger partial charge in [0.05, 0.1) is 5.75 Å². The van der Waals surface area contributed by atoms with Crippen LogP contribution in [-0.2, 0) is 10.2 Å². The molecule has 0 aliphatic rings. The van der Waals surface area contributed by atoms with Crippen LogP contribution >= 0.6 is 11.8 Å². The molecule has 1 heterocycles. The van der Waals surface area contributed by atoms with Gasteiger partial charge in [-0.1, -0.05) is 62.9 Å². The molecule has 0 aliphatic carbocycles. The Labute approximate surface area is 167 Å². The van der Waals surface area contributed by atoms with Gasteiger partial charge in [-0.3, -0.25) is 14.9 Å². The summed E-state index contributed by atoms with van der Waals surface area (Å²) in [6, 6.07) is 16.5. The molecular formula is C21H21N3O3S. The Morgan fingerprint density at radius 1 is 1.00 bits per heavy atom. The minimum atomic E-state index is -0.434. The molecule has 0 atom stereocenters. The monoisotopic (exact) mass is 395 g/mol. The van der Waals surface area contributed by atoms with E-state index in [1.807, 2.05) is 24.3 Å². The number of rotatable bonds is 5. The Bertz CT molecular complexity index is 961. The first-order valence-electron chi connectivity index (χ1n) is 8.79. The first kappa shape index (κ1) is 19.8. The number of nitrogens with zero attached hydrogens (tertiary/aromatic N) is 2. The normalized spacial score (nSPS) is 11.2. The average Bonchev–Trinajstić information content (AvgIpc) is 3.15. The molecule has 1 aromatic heterocycles. The Hall–Kier alpha value is -2.93. The highest BCUT2D eigenvalue weighted by atomic mass is 32.2. The number of aromatic nitrogens is 2. The van der Waals surface area contributed by atoms with Crippen molar-refractivity contribution < 1.29 is 14.0 Å². The third-order valence-corrected chi connectivity index (χ3v) is 4.84. The van der Waals surface area contributed by atoms with Crippen LogP contribution in [0.5, 0.6) is 0 Å². The highest BCUT2D eigenvalue weighted by Crippen LogP contribution is 2.27. The lowest BCUT2D eigenvalue weighted by Crippen LogP contribution is -2.31. The zero-order valence-electron chi connectivity index (χ0n) is 15.9. The van der Waals surface area contributed by atoms with Crippen molar-refractivity contribution in [3.05, 3.63) is 65.7 Å². The van der Waals surface area contributed by atoms with E-state index in [1.54, 1.807) is 30.3 Å². The van der Waals surface area contributed by atoms with Crippen molar-refractivity contribution in [1.82, 2.24) is 15.5 Å². The van der Waals surface area contributed by atoms with E-state index >= 15 is 0 Å². The van der Waals surface area contributed by atoms with E-state index < -0.39 is 11.8 Å². The maximum absolute atomic E-state index is 12.0. The summed E-state index contributed by atoms with van der Waals surface area (Å²) in [4.78, 5) is 23.9. The lowest BCUT2D eigenvalue weighted by Gasteiger charge is -2.18. The largest absolute Gasteiger partial charge is 0.411 e. The zero-order chi connectivity index (χ0) is 20.1. The third kappa shape index (κ3) is 5.07. The number of hydrogen-bond acceptors (Lipinski definition) is 6. The Morgan fingerprint density at radius 3 is 2.32 bits per heavy atom. The van der Waals surface area contributed by atoms with Gasteiger partial charge in [0.1, 0.15) is 0 Å². The van der Waals surface area contributed by atoms with Gasteiger partial charge in [-0.2, -0.15) is 0 Å². The number of imide groups is 1. The minimum absolute atomic E-state index is 0.00314. The SMILES string of the molecule is CC(C)(C)c1ccc(-c2nnc(SCC(=O)NC(=O)c3ccccc3)o2)cc1. The molecule has 0 spiro atoms. The molecular weight excluding hydrogens is 374 g/mol. The summed E-state index contributed by atoms with van der Waals surface area (Å²) in [7, 11) is 0. The van der Waals surface area contributed by atoms with Crippen molar-refractivity contribution in [2.24, 2.45) is 0 Å². The molecule has 6 nitrogen and oxygen atoms in total. The van der Waals surface area contributed by atoms with E-state index in [0.717, 1.165) is 17.3 Å². The highest BCUT2D eigenvalue weighted by molar-refractivity contribution is 7.99. The standard InChI is InChI=1S/C21H21N3O3S/c1-21(2,3)16-11-9-15(10-12-16)19-23-24-20(27-19)28-13-17(25)22-18(26)14-7-5-4-6-8-14/h4-12H,13H2,1-3H3,(H,22,25,26). The topological polar surface area (TPSA) is 85.1 Å². The van der Waals surface area contributed by atoms with Crippen LogP contribution in [0, 0.1) is 0 Å². The summed E-state index contributed by atoms with van der Waals surface area (Å²) in [6.45, 7) is 6.45. The van der Waals surface area contributed by atoms with Crippen molar-refractivity contribution in [3.63, 3.8) is 0 Å². The van der Waals surface area contributed by atoms with Crippen LogP contribution in [0.2, 0.25) is 0 Å². The molecule has 0 radical (unpaired) electrons.